The van der Waals surface area contributed by atoms with E-state index in [1.54, 1.807) is 0 Å². The van der Waals surface area contributed by atoms with E-state index in [-0.39, 0.29) is 5.54 Å². The Morgan fingerprint density at radius 3 is 2.36 bits per heavy atom. The predicted molar refractivity (Wildman–Crippen MR) is 38.6 cm³/mol. The quantitative estimate of drug-likeness (QED) is 0.384. The molecule has 11 heavy (non-hydrogen) atoms. The minimum absolute atomic E-state index is 0.0294. The fraction of sp³-hybridized carbons (Fsp3) is 0.857. The predicted octanol–water partition coefficient (Wildman–Crippen LogP) is -0.153. The molecule has 3 aliphatic rings. The number of fused-ring (bicyclic) bond motifs is 1. The Balaban J connectivity index is 2.14. The highest BCUT2D eigenvalue weighted by Gasteiger charge is 2.64. The topological polar surface area (TPSA) is 75.3 Å². The van der Waals surface area contributed by atoms with Gasteiger partial charge in [-0.1, -0.05) is 0 Å². The maximum Gasteiger partial charge on any atom is 0.309 e. The Kier molecular flexibility index (Phi) is 1.13. The fourth-order valence-corrected chi connectivity index (χ4v) is 2.51. The normalized spacial score (nSPS) is 47.0. The Labute approximate surface area is 64.7 Å². The first-order valence-electron chi connectivity index (χ1n) is 3.84. The summed E-state index contributed by atoms with van der Waals surface area (Å²) in [5, 5.41) is 8.85. The van der Waals surface area contributed by atoms with E-state index in [0.29, 0.717) is 12.8 Å². The molecule has 4 nitrogen and oxygen atoms in total. The van der Waals surface area contributed by atoms with E-state index in [4.69, 9.17) is 10.9 Å². The summed E-state index contributed by atoms with van der Waals surface area (Å²) in [5.41, 5.74) is 2.27. The molecule has 3 rings (SSSR count). The second-order valence-corrected chi connectivity index (χ2v) is 3.86. The van der Waals surface area contributed by atoms with E-state index in [1.807, 2.05) is 0 Å². The summed E-state index contributed by atoms with van der Waals surface area (Å²) in [6, 6.07) is 0. The summed E-state index contributed by atoms with van der Waals surface area (Å²) in [6.45, 7) is 0. The number of nitrogens with two attached hydrogens (primary N) is 1. The van der Waals surface area contributed by atoms with Gasteiger partial charge in [-0.15, -0.1) is 0 Å². The van der Waals surface area contributed by atoms with Gasteiger partial charge in [0.1, 0.15) is 0 Å². The number of rotatable bonds is 2. The van der Waals surface area contributed by atoms with Gasteiger partial charge < -0.3 is 5.11 Å². The third-order valence-corrected chi connectivity index (χ3v) is 3.20. The summed E-state index contributed by atoms with van der Waals surface area (Å²) >= 11 is 0. The van der Waals surface area contributed by atoms with E-state index >= 15 is 0 Å². The van der Waals surface area contributed by atoms with Crippen LogP contribution in [0.3, 0.4) is 0 Å². The first-order chi connectivity index (χ1) is 5.13. The average molecular weight is 156 g/mol. The Morgan fingerprint density at radius 2 is 2.09 bits per heavy atom. The molecule has 62 valence electrons. The zero-order chi connectivity index (χ0) is 8.11. The first kappa shape index (κ1) is 7.06. The number of carbonyl (C=O) groups is 1. The lowest BCUT2D eigenvalue weighted by Gasteiger charge is -2.44. The van der Waals surface area contributed by atoms with Crippen molar-refractivity contribution in [2.24, 2.45) is 11.3 Å². The number of carboxylic acids is 1. The van der Waals surface area contributed by atoms with E-state index < -0.39 is 11.4 Å². The van der Waals surface area contributed by atoms with Crippen LogP contribution >= 0.6 is 0 Å². The zero-order valence-corrected chi connectivity index (χ0v) is 6.26. The van der Waals surface area contributed by atoms with Crippen LogP contribution in [0, 0.1) is 5.41 Å². The summed E-state index contributed by atoms with van der Waals surface area (Å²) in [6.07, 6.45) is 3.12. The van der Waals surface area contributed by atoms with Gasteiger partial charge in [-0.25, -0.2) is 0 Å². The van der Waals surface area contributed by atoms with E-state index in [9.17, 15) is 4.79 Å². The highest BCUT2D eigenvalue weighted by atomic mass is 16.4. The van der Waals surface area contributed by atoms with E-state index in [2.05, 4.69) is 5.43 Å². The number of hydrogen-bond acceptors (Lipinski definition) is 3. The van der Waals surface area contributed by atoms with Crippen molar-refractivity contribution in [3.05, 3.63) is 0 Å². The van der Waals surface area contributed by atoms with Gasteiger partial charge in [-0.3, -0.25) is 16.1 Å². The van der Waals surface area contributed by atoms with Crippen molar-refractivity contribution >= 4 is 5.97 Å². The van der Waals surface area contributed by atoms with Gasteiger partial charge in [-0.2, -0.15) is 0 Å². The maximum atomic E-state index is 10.8. The molecule has 0 heterocycles. The molecule has 4 heteroatoms. The molecule has 0 atom stereocenters. The van der Waals surface area contributed by atoms with Crippen LogP contribution in [0.4, 0.5) is 0 Å². The van der Waals surface area contributed by atoms with Crippen molar-refractivity contribution in [1.29, 1.82) is 0 Å². The molecule has 0 amide bonds. The second-order valence-electron chi connectivity index (χ2n) is 3.86. The second kappa shape index (κ2) is 1.76. The lowest BCUT2D eigenvalue weighted by Crippen LogP contribution is -2.58. The lowest BCUT2D eigenvalue weighted by atomic mass is 9.65. The molecule has 3 aliphatic carbocycles. The van der Waals surface area contributed by atoms with Crippen molar-refractivity contribution in [1.82, 2.24) is 5.43 Å². The van der Waals surface area contributed by atoms with Crippen molar-refractivity contribution in [2.75, 3.05) is 0 Å². The standard InChI is InChI=1S/C7H12N2O2/c8-9-7-2-1-6(3-7,4-7)5(10)11/h9H,1-4,8H2,(H,10,11). The van der Waals surface area contributed by atoms with Crippen molar-refractivity contribution in [3.63, 3.8) is 0 Å². The smallest absolute Gasteiger partial charge is 0.309 e. The molecule has 0 spiro atoms. The monoisotopic (exact) mass is 156 g/mol. The van der Waals surface area contributed by atoms with Gasteiger partial charge in [0, 0.05) is 5.54 Å². The molecule has 0 unspecified atom stereocenters. The van der Waals surface area contributed by atoms with Crippen LogP contribution in [-0.4, -0.2) is 16.6 Å². The van der Waals surface area contributed by atoms with Gasteiger partial charge in [0.25, 0.3) is 0 Å². The Morgan fingerprint density at radius 1 is 1.45 bits per heavy atom. The number of hydrazine groups is 1. The summed E-state index contributed by atoms with van der Waals surface area (Å²) < 4.78 is 0. The number of nitrogens with one attached hydrogen (secondary N) is 1. The number of aliphatic carboxylic acids is 1. The number of hydrogen-bond donors (Lipinski definition) is 3. The van der Waals surface area contributed by atoms with Crippen LogP contribution in [-0.2, 0) is 4.79 Å². The molecular formula is C7H12N2O2. The van der Waals surface area contributed by atoms with Crippen LogP contribution in [0.15, 0.2) is 0 Å². The largest absolute Gasteiger partial charge is 0.481 e. The van der Waals surface area contributed by atoms with Gasteiger partial charge in [0.2, 0.25) is 0 Å². The molecule has 0 aromatic rings. The number of carboxylic acid groups (broad SMARTS) is 1. The van der Waals surface area contributed by atoms with Gasteiger partial charge >= 0.3 is 5.97 Å². The molecule has 4 N–H and O–H groups in total. The molecular weight excluding hydrogens is 144 g/mol. The Hall–Kier alpha value is -0.610. The van der Waals surface area contributed by atoms with E-state index in [1.165, 1.54) is 0 Å². The molecule has 2 bridgehead atoms. The van der Waals surface area contributed by atoms with Crippen LogP contribution in [0.25, 0.3) is 0 Å². The van der Waals surface area contributed by atoms with Crippen LogP contribution in [0.1, 0.15) is 25.7 Å². The Bertz CT molecular complexity index is 208. The molecule has 0 radical (unpaired) electrons. The fourth-order valence-electron chi connectivity index (χ4n) is 2.51. The molecule has 0 aromatic heterocycles. The molecule has 0 aromatic carbocycles. The molecule has 0 saturated heterocycles. The summed E-state index contributed by atoms with van der Waals surface area (Å²) in [5.74, 6) is 4.67. The van der Waals surface area contributed by atoms with Gasteiger partial charge in [0.05, 0.1) is 5.41 Å². The SMILES string of the molecule is NNC12CCC(C(=O)O)(C1)C2. The summed E-state index contributed by atoms with van der Waals surface area (Å²) in [7, 11) is 0. The minimum atomic E-state index is -0.652. The van der Waals surface area contributed by atoms with Crippen molar-refractivity contribution < 1.29 is 9.90 Å². The van der Waals surface area contributed by atoms with Crippen LogP contribution in [0.2, 0.25) is 0 Å². The highest BCUT2D eigenvalue weighted by Crippen LogP contribution is 2.61. The third kappa shape index (κ3) is 0.684. The molecule has 0 aliphatic heterocycles. The zero-order valence-electron chi connectivity index (χ0n) is 6.26. The minimum Gasteiger partial charge on any atom is -0.481 e. The first-order valence-corrected chi connectivity index (χ1v) is 3.84. The van der Waals surface area contributed by atoms with Crippen molar-refractivity contribution in [2.45, 2.75) is 31.2 Å². The molecule has 3 saturated carbocycles. The highest BCUT2D eigenvalue weighted by molar-refractivity contribution is 5.77. The average Bonchev–Trinajstić information content (AvgIpc) is 2.39. The lowest BCUT2D eigenvalue weighted by molar-refractivity contribution is -0.154. The van der Waals surface area contributed by atoms with Gasteiger partial charge in [-0.05, 0) is 25.7 Å². The van der Waals surface area contributed by atoms with Gasteiger partial charge in [0.15, 0.2) is 0 Å². The molecule has 3 fully saturated rings. The van der Waals surface area contributed by atoms with Crippen LogP contribution < -0.4 is 11.3 Å². The van der Waals surface area contributed by atoms with Crippen LogP contribution in [0.5, 0.6) is 0 Å². The van der Waals surface area contributed by atoms with Crippen molar-refractivity contribution in [3.8, 4) is 0 Å². The third-order valence-electron chi connectivity index (χ3n) is 3.20. The maximum absolute atomic E-state index is 10.8. The van der Waals surface area contributed by atoms with E-state index in [0.717, 1.165) is 12.8 Å². The summed E-state index contributed by atoms with van der Waals surface area (Å²) in [4.78, 5) is 10.8.